The van der Waals surface area contributed by atoms with Gasteiger partial charge in [-0.05, 0) is 32.9 Å². The number of primary amides is 2. The topological polar surface area (TPSA) is 131 Å². The Hall–Kier alpha value is -1.67. The Morgan fingerprint density at radius 1 is 1.32 bits per heavy atom. The van der Waals surface area contributed by atoms with Crippen molar-refractivity contribution in [2.24, 2.45) is 11.5 Å². The molecule has 19 heavy (non-hydrogen) atoms. The zero-order valence-corrected chi connectivity index (χ0v) is 11.0. The van der Waals surface area contributed by atoms with Gasteiger partial charge in [0.1, 0.15) is 0 Å². The van der Waals surface area contributed by atoms with Crippen LogP contribution in [-0.2, 0) is 9.59 Å². The largest absolute Gasteiger partial charge is 0.369 e. The molecule has 1 unspecified atom stereocenters. The molecule has 1 rings (SSSR count). The number of nitrogens with one attached hydrogen (secondary N) is 2. The van der Waals surface area contributed by atoms with E-state index in [2.05, 4.69) is 5.32 Å². The summed E-state index contributed by atoms with van der Waals surface area (Å²) in [5.41, 5.74) is 10.1. The minimum atomic E-state index is -0.902. The number of hydrogen-bond acceptors (Lipinski definition) is 5. The molecule has 1 atom stereocenters. The number of carbonyl (C=O) groups is 3. The molecule has 0 saturated carbocycles. The lowest BCUT2D eigenvalue weighted by atomic mass is 10.0. The Balaban J connectivity index is 2.73. The van der Waals surface area contributed by atoms with E-state index in [1.807, 2.05) is 5.32 Å². The highest BCUT2D eigenvalue weighted by molar-refractivity contribution is 5.96. The van der Waals surface area contributed by atoms with Crippen molar-refractivity contribution in [1.29, 1.82) is 0 Å². The molecule has 1 heterocycles. The second-order valence-electron chi connectivity index (χ2n) is 4.65. The third-order valence-corrected chi connectivity index (χ3v) is 3.24. The van der Waals surface area contributed by atoms with Crippen LogP contribution < -0.4 is 22.1 Å². The summed E-state index contributed by atoms with van der Waals surface area (Å²) in [4.78, 5) is 35.4. The number of nitrogens with zero attached hydrogens (tertiary/aromatic N) is 1. The van der Waals surface area contributed by atoms with Crippen molar-refractivity contribution in [3.8, 4) is 0 Å². The van der Waals surface area contributed by atoms with Crippen LogP contribution in [-0.4, -0.2) is 54.5 Å². The maximum atomic E-state index is 11.8. The van der Waals surface area contributed by atoms with Gasteiger partial charge in [-0.2, -0.15) is 0 Å². The van der Waals surface area contributed by atoms with E-state index in [0.29, 0.717) is 0 Å². The molecule has 8 heteroatoms. The Kier molecular flexibility index (Phi) is 5.71. The van der Waals surface area contributed by atoms with E-state index >= 15 is 0 Å². The average Bonchev–Trinajstić information content (AvgIpc) is 2.35. The Bertz CT molecular complexity index is 354. The maximum Gasteiger partial charge on any atom is 0.318 e. The van der Waals surface area contributed by atoms with Gasteiger partial charge < -0.3 is 16.8 Å². The molecule has 0 spiro atoms. The molecule has 1 aliphatic rings. The fourth-order valence-electron chi connectivity index (χ4n) is 2.28. The molecule has 1 saturated heterocycles. The van der Waals surface area contributed by atoms with Gasteiger partial charge in [0.2, 0.25) is 11.8 Å². The van der Waals surface area contributed by atoms with Crippen molar-refractivity contribution in [1.82, 2.24) is 15.5 Å². The van der Waals surface area contributed by atoms with Crippen molar-refractivity contribution >= 4 is 17.8 Å². The van der Waals surface area contributed by atoms with Gasteiger partial charge in [0.25, 0.3) is 0 Å². The van der Waals surface area contributed by atoms with Crippen molar-refractivity contribution in [3.63, 3.8) is 0 Å². The summed E-state index contributed by atoms with van der Waals surface area (Å²) in [6, 6.07) is -1.45. The van der Waals surface area contributed by atoms with Crippen molar-refractivity contribution in [2.45, 2.75) is 31.8 Å². The Morgan fingerprint density at radius 2 is 1.89 bits per heavy atom. The predicted octanol–water partition coefficient (Wildman–Crippen LogP) is -1.89. The molecule has 0 radical (unpaired) electrons. The van der Waals surface area contributed by atoms with Crippen LogP contribution in [0.4, 0.5) is 4.79 Å². The fraction of sp³-hybridized carbons (Fsp3) is 0.727. The highest BCUT2D eigenvalue weighted by Crippen LogP contribution is 2.15. The van der Waals surface area contributed by atoms with Crippen LogP contribution in [0.5, 0.6) is 0 Å². The minimum Gasteiger partial charge on any atom is -0.369 e. The highest BCUT2D eigenvalue weighted by Gasteiger charge is 2.30. The predicted molar refractivity (Wildman–Crippen MR) is 69.0 cm³/mol. The number of imide groups is 1. The quantitative estimate of drug-likeness (QED) is 0.464. The second-order valence-corrected chi connectivity index (χ2v) is 4.65. The van der Waals surface area contributed by atoms with Gasteiger partial charge in [-0.15, -0.1) is 0 Å². The molecule has 1 fully saturated rings. The molecule has 4 amide bonds. The average molecular weight is 271 g/mol. The zero-order chi connectivity index (χ0) is 14.4. The van der Waals surface area contributed by atoms with E-state index in [1.165, 1.54) is 0 Å². The Labute approximate surface area is 111 Å². The van der Waals surface area contributed by atoms with Gasteiger partial charge in [0.15, 0.2) is 0 Å². The fourth-order valence-corrected chi connectivity index (χ4v) is 2.28. The van der Waals surface area contributed by atoms with E-state index in [9.17, 15) is 14.4 Å². The molecule has 108 valence electrons. The molecular weight excluding hydrogens is 250 g/mol. The summed E-state index contributed by atoms with van der Waals surface area (Å²) in [7, 11) is 0. The molecule has 0 aromatic heterocycles. The molecule has 1 aliphatic heterocycles. The van der Waals surface area contributed by atoms with Gasteiger partial charge in [0.05, 0.1) is 12.6 Å². The van der Waals surface area contributed by atoms with Gasteiger partial charge in [-0.3, -0.25) is 19.8 Å². The summed E-state index contributed by atoms with van der Waals surface area (Å²) in [6.45, 7) is 3.26. The summed E-state index contributed by atoms with van der Waals surface area (Å²) in [5.74, 6) is -1.02. The van der Waals surface area contributed by atoms with E-state index in [1.54, 1.807) is 11.8 Å². The normalized spacial score (nSPS) is 18.0. The first-order valence-electron chi connectivity index (χ1n) is 6.27. The van der Waals surface area contributed by atoms with Crippen LogP contribution in [0, 0.1) is 0 Å². The first-order chi connectivity index (χ1) is 8.91. The molecule has 8 nitrogen and oxygen atoms in total. The minimum absolute atomic E-state index is 0.0159. The van der Waals surface area contributed by atoms with Gasteiger partial charge in [-0.1, -0.05) is 0 Å². The summed E-state index contributed by atoms with van der Waals surface area (Å²) < 4.78 is 0. The lowest BCUT2D eigenvalue weighted by Crippen LogP contribution is -2.56. The number of urea groups is 1. The Morgan fingerprint density at radius 3 is 2.37 bits per heavy atom. The van der Waals surface area contributed by atoms with E-state index < -0.39 is 23.9 Å². The summed E-state index contributed by atoms with van der Waals surface area (Å²) in [6.07, 6.45) is 1.64. The van der Waals surface area contributed by atoms with Crippen LogP contribution in [0.25, 0.3) is 0 Å². The summed E-state index contributed by atoms with van der Waals surface area (Å²) >= 11 is 0. The lowest BCUT2D eigenvalue weighted by molar-refractivity contribution is -0.128. The van der Waals surface area contributed by atoms with Crippen LogP contribution in [0.1, 0.15) is 19.8 Å². The highest BCUT2D eigenvalue weighted by atomic mass is 16.2. The number of rotatable bonds is 5. The third-order valence-electron chi connectivity index (χ3n) is 3.24. The third kappa shape index (κ3) is 4.84. The lowest BCUT2D eigenvalue weighted by Gasteiger charge is -2.37. The van der Waals surface area contributed by atoms with Crippen LogP contribution in [0.2, 0.25) is 0 Å². The number of nitrogens with two attached hydrogens (primary N) is 2. The first kappa shape index (κ1) is 15.4. The monoisotopic (exact) mass is 271 g/mol. The molecule has 0 aromatic rings. The maximum absolute atomic E-state index is 11.8. The molecular formula is C11H21N5O3. The van der Waals surface area contributed by atoms with Gasteiger partial charge in [-0.25, -0.2) is 4.79 Å². The standard InChI is InChI=1S/C11H21N5O3/c1-7(10(18)15-11(13)19)16(6-9(12)17)8-2-4-14-5-3-8/h7-8,14H,2-6H2,1H3,(H2,12,17)(H3,13,15,18,19). The van der Waals surface area contributed by atoms with E-state index in [0.717, 1.165) is 25.9 Å². The van der Waals surface area contributed by atoms with E-state index in [4.69, 9.17) is 11.5 Å². The van der Waals surface area contributed by atoms with Crippen LogP contribution >= 0.6 is 0 Å². The van der Waals surface area contributed by atoms with Crippen LogP contribution in [0.15, 0.2) is 0 Å². The smallest absolute Gasteiger partial charge is 0.318 e. The second kappa shape index (κ2) is 7.05. The van der Waals surface area contributed by atoms with Gasteiger partial charge in [0, 0.05) is 6.04 Å². The molecule has 0 aromatic carbocycles. The van der Waals surface area contributed by atoms with Crippen molar-refractivity contribution in [3.05, 3.63) is 0 Å². The zero-order valence-electron chi connectivity index (χ0n) is 11.0. The summed E-state index contributed by atoms with van der Waals surface area (Å²) in [5, 5.41) is 5.23. The van der Waals surface area contributed by atoms with Crippen LogP contribution in [0.3, 0.4) is 0 Å². The SMILES string of the molecule is CC(C(=O)NC(N)=O)N(CC(N)=O)C1CCNCC1. The number of piperidine rings is 1. The molecule has 0 aliphatic carbocycles. The number of amides is 4. The van der Waals surface area contributed by atoms with Gasteiger partial charge >= 0.3 is 6.03 Å². The number of hydrogen-bond donors (Lipinski definition) is 4. The number of carbonyl (C=O) groups excluding carboxylic acids is 3. The van der Waals surface area contributed by atoms with E-state index in [-0.39, 0.29) is 12.6 Å². The van der Waals surface area contributed by atoms with Crippen molar-refractivity contribution in [2.75, 3.05) is 19.6 Å². The molecule has 0 bridgehead atoms. The first-order valence-corrected chi connectivity index (χ1v) is 6.27. The molecule has 6 N–H and O–H groups in total. The van der Waals surface area contributed by atoms with Crippen molar-refractivity contribution < 1.29 is 14.4 Å².